The summed E-state index contributed by atoms with van der Waals surface area (Å²) in [4.78, 5) is 2.24. The molecule has 1 aromatic rings. The van der Waals surface area contributed by atoms with Crippen LogP contribution in [0.25, 0.3) is 0 Å². The number of rotatable bonds is 8. The van der Waals surface area contributed by atoms with Gasteiger partial charge in [0, 0.05) is 39.8 Å². The van der Waals surface area contributed by atoms with Crippen molar-refractivity contribution in [2.75, 3.05) is 27.8 Å². The number of nitrogens with two attached hydrogens (primary N) is 1. The fraction of sp³-hybridized carbons (Fsp3) is 0.667. The molecule has 1 atom stereocenters. The minimum Gasteiger partial charge on any atom is -0.356 e. The van der Waals surface area contributed by atoms with E-state index in [0.29, 0.717) is 6.54 Å². The normalized spacial score (nSPS) is 13.5. The van der Waals surface area contributed by atoms with E-state index in [1.807, 2.05) is 0 Å². The zero-order valence-corrected chi connectivity index (χ0v) is 11.6. The Morgan fingerprint density at radius 1 is 1.41 bits per heavy atom. The molecule has 0 aliphatic rings. The molecule has 1 rings (SSSR count). The first-order chi connectivity index (χ1) is 8.21. The SMILES string of the molecule is COC(CC(CN)N(C)Cc1ccsc1)OC. The predicted octanol–water partition coefficient (Wildman–Crippen LogP) is 1.52. The summed E-state index contributed by atoms with van der Waals surface area (Å²) < 4.78 is 10.4. The second-order valence-electron chi connectivity index (χ2n) is 4.07. The molecule has 0 saturated carbocycles. The zero-order chi connectivity index (χ0) is 12.7. The second-order valence-corrected chi connectivity index (χ2v) is 4.85. The third-order valence-corrected chi connectivity index (χ3v) is 3.63. The van der Waals surface area contributed by atoms with Crippen LogP contribution in [0.15, 0.2) is 16.8 Å². The fourth-order valence-electron chi connectivity index (χ4n) is 1.77. The van der Waals surface area contributed by atoms with Crippen LogP contribution in [-0.2, 0) is 16.0 Å². The molecule has 0 aliphatic carbocycles. The Morgan fingerprint density at radius 2 is 2.12 bits per heavy atom. The highest BCUT2D eigenvalue weighted by Gasteiger charge is 2.18. The van der Waals surface area contributed by atoms with Crippen LogP contribution in [0, 0.1) is 0 Å². The van der Waals surface area contributed by atoms with Gasteiger partial charge in [0.25, 0.3) is 0 Å². The van der Waals surface area contributed by atoms with Crippen molar-refractivity contribution in [3.63, 3.8) is 0 Å². The fourth-order valence-corrected chi connectivity index (χ4v) is 2.43. The van der Waals surface area contributed by atoms with Gasteiger partial charge in [-0.2, -0.15) is 11.3 Å². The Labute approximate surface area is 107 Å². The number of ether oxygens (including phenoxy) is 2. The molecule has 4 nitrogen and oxygen atoms in total. The first kappa shape index (κ1) is 14.6. The lowest BCUT2D eigenvalue weighted by atomic mass is 10.1. The van der Waals surface area contributed by atoms with E-state index in [2.05, 4.69) is 28.8 Å². The van der Waals surface area contributed by atoms with Crippen LogP contribution in [0.1, 0.15) is 12.0 Å². The first-order valence-electron chi connectivity index (χ1n) is 5.68. The standard InChI is InChI=1S/C12H22N2O2S/c1-14(8-10-4-5-17-9-10)11(7-13)6-12(15-2)16-3/h4-5,9,11-12H,6-8,13H2,1-3H3. The Bertz CT molecular complexity index is 289. The smallest absolute Gasteiger partial charge is 0.158 e. The molecular weight excluding hydrogens is 236 g/mol. The molecule has 1 aromatic heterocycles. The largest absolute Gasteiger partial charge is 0.356 e. The van der Waals surface area contributed by atoms with Crippen molar-refractivity contribution in [1.29, 1.82) is 0 Å². The van der Waals surface area contributed by atoms with Crippen molar-refractivity contribution in [3.05, 3.63) is 22.4 Å². The summed E-state index contributed by atoms with van der Waals surface area (Å²) in [6, 6.07) is 2.40. The molecular formula is C12H22N2O2S. The molecule has 0 fully saturated rings. The first-order valence-corrected chi connectivity index (χ1v) is 6.62. The van der Waals surface area contributed by atoms with Gasteiger partial charge in [0.1, 0.15) is 0 Å². The highest BCUT2D eigenvalue weighted by Crippen LogP contribution is 2.13. The summed E-state index contributed by atoms with van der Waals surface area (Å²) in [7, 11) is 5.39. The van der Waals surface area contributed by atoms with E-state index in [9.17, 15) is 0 Å². The number of likely N-dealkylation sites (N-methyl/N-ethyl adjacent to an activating group) is 1. The van der Waals surface area contributed by atoms with Crippen LogP contribution in [0.3, 0.4) is 0 Å². The van der Waals surface area contributed by atoms with Crippen LogP contribution >= 0.6 is 11.3 Å². The van der Waals surface area contributed by atoms with Crippen molar-refractivity contribution in [3.8, 4) is 0 Å². The predicted molar refractivity (Wildman–Crippen MR) is 71.1 cm³/mol. The molecule has 0 bridgehead atoms. The molecule has 17 heavy (non-hydrogen) atoms. The third kappa shape index (κ3) is 4.73. The van der Waals surface area contributed by atoms with E-state index >= 15 is 0 Å². The lowest BCUT2D eigenvalue weighted by Crippen LogP contribution is -2.40. The van der Waals surface area contributed by atoms with Crippen molar-refractivity contribution in [1.82, 2.24) is 4.90 Å². The van der Waals surface area contributed by atoms with Gasteiger partial charge in [-0.05, 0) is 29.4 Å². The number of methoxy groups -OCH3 is 2. The average molecular weight is 258 g/mol. The van der Waals surface area contributed by atoms with Crippen molar-refractivity contribution < 1.29 is 9.47 Å². The molecule has 0 spiro atoms. The third-order valence-electron chi connectivity index (χ3n) is 2.90. The summed E-state index contributed by atoms with van der Waals surface area (Å²) in [5, 5.41) is 4.25. The van der Waals surface area contributed by atoms with E-state index in [-0.39, 0.29) is 12.3 Å². The molecule has 5 heteroatoms. The van der Waals surface area contributed by atoms with E-state index < -0.39 is 0 Å². The van der Waals surface area contributed by atoms with Crippen LogP contribution in [0.2, 0.25) is 0 Å². The van der Waals surface area contributed by atoms with E-state index in [0.717, 1.165) is 13.0 Å². The van der Waals surface area contributed by atoms with Gasteiger partial charge in [-0.1, -0.05) is 0 Å². The van der Waals surface area contributed by atoms with E-state index in [1.54, 1.807) is 25.6 Å². The number of hydrogen-bond donors (Lipinski definition) is 1. The lowest BCUT2D eigenvalue weighted by molar-refractivity contribution is -0.116. The molecule has 1 unspecified atom stereocenters. The Hall–Kier alpha value is -0.460. The Morgan fingerprint density at radius 3 is 2.59 bits per heavy atom. The van der Waals surface area contributed by atoms with Gasteiger partial charge < -0.3 is 15.2 Å². The van der Waals surface area contributed by atoms with Gasteiger partial charge in [0.05, 0.1) is 0 Å². The Kier molecular flexibility index (Phi) is 6.69. The van der Waals surface area contributed by atoms with E-state index in [1.165, 1.54) is 5.56 Å². The monoisotopic (exact) mass is 258 g/mol. The summed E-state index contributed by atoms with van der Waals surface area (Å²) in [5.74, 6) is 0. The number of nitrogens with zero attached hydrogens (tertiary/aromatic N) is 1. The maximum atomic E-state index is 5.81. The highest BCUT2D eigenvalue weighted by atomic mass is 32.1. The summed E-state index contributed by atoms with van der Waals surface area (Å²) in [6.45, 7) is 1.51. The number of hydrogen-bond acceptors (Lipinski definition) is 5. The molecule has 98 valence electrons. The number of thiophene rings is 1. The second kappa shape index (κ2) is 7.79. The summed E-state index contributed by atoms with van der Waals surface area (Å²) in [5.41, 5.74) is 7.13. The van der Waals surface area contributed by atoms with Gasteiger partial charge in [-0.3, -0.25) is 4.90 Å². The van der Waals surface area contributed by atoms with Crippen molar-refractivity contribution in [2.45, 2.75) is 25.3 Å². The highest BCUT2D eigenvalue weighted by molar-refractivity contribution is 7.07. The van der Waals surface area contributed by atoms with Crippen LogP contribution < -0.4 is 5.73 Å². The Balaban J connectivity index is 2.48. The van der Waals surface area contributed by atoms with Gasteiger partial charge in [-0.25, -0.2) is 0 Å². The molecule has 0 saturated heterocycles. The van der Waals surface area contributed by atoms with Gasteiger partial charge in [0.2, 0.25) is 0 Å². The molecule has 1 heterocycles. The van der Waals surface area contributed by atoms with Gasteiger partial charge in [0.15, 0.2) is 6.29 Å². The quantitative estimate of drug-likeness (QED) is 0.718. The lowest BCUT2D eigenvalue weighted by Gasteiger charge is -2.29. The molecule has 0 radical (unpaired) electrons. The molecule has 0 aromatic carbocycles. The zero-order valence-electron chi connectivity index (χ0n) is 10.8. The maximum Gasteiger partial charge on any atom is 0.158 e. The summed E-state index contributed by atoms with van der Waals surface area (Å²) >= 11 is 1.72. The van der Waals surface area contributed by atoms with Gasteiger partial charge in [-0.15, -0.1) is 0 Å². The van der Waals surface area contributed by atoms with Crippen molar-refractivity contribution in [2.24, 2.45) is 5.73 Å². The van der Waals surface area contributed by atoms with Crippen LogP contribution in [-0.4, -0.2) is 45.0 Å². The van der Waals surface area contributed by atoms with Crippen LogP contribution in [0.5, 0.6) is 0 Å². The van der Waals surface area contributed by atoms with Crippen LogP contribution in [0.4, 0.5) is 0 Å². The molecule has 0 aliphatic heterocycles. The van der Waals surface area contributed by atoms with Gasteiger partial charge >= 0.3 is 0 Å². The minimum atomic E-state index is -0.187. The molecule has 2 N–H and O–H groups in total. The maximum absolute atomic E-state index is 5.81. The van der Waals surface area contributed by atoms with E-state index in [4.69, 9.17) is 15.2 Å². The minimum absolute atomic E-state index is 0.187. The van der Waals surface area contributed by atoms with Crippen molar-refractivity contribution >= 4 is 11.3 Å². The molecule has 0 amide bonds. The summed E-state index contributed by atoms with van der Waals surface area (Å²) in [6.07, 6.45) is 0.595. The average Bonchev–Trinajstić information content (AvgIpc) is 2.83. The topological polar surface area (TPSA) is 47.7 Å².